The van der Waals surface area contributed by atoms with Crippen LogP contribution in [0, 0.1) is 0 Å². The van der Waals surface area contributed by atoms with Crippen LogP contribution in [0.25, 0.3) is 0 Å². The second-order valence-electron chi connectivity index (χ2n) is 1.30. The Balaban J connectivity index is -0.000000114. The van der Waals surface area contributed by atoms with Crippen molar-refractivity contribution < 1.29 is 30.3 Å². The van der Waals surface area contributed by atoms with E-state index in [0.717, 1.165) is 0 Å². The molecule has 0 atom stereocenters. The van der Waals surface area contributed by atoms with Crippen molar-refractivity contribution in [2.75, 3.05) is 13.2 Å². The Bertz CT molecular complexity index is 78.7. The molecule has 6 nitrogen and oxygen atoms in total. The van der Waals surface area contributed by atoms with Crippen LogP contribution < -0.4 is 0 Å². The van der Waals surface area contributed by atoms with Crippen LogP contribution in [0.4, 0.5) is 4.79 Å². The van der Waals surface area contributed by atoms with Crippen molar-refractivity contribution in [2.45, 2.75) is 6.10 Å². The molecule has 0 radical (unpaired) electrons. The molecule has 0 aliphatic heterocycles. The third-order valence-corrected chi connectivity index (χ3v) is 0.421. The van der Waals surface area contributed by atoms with Gasteiger partial charge in [0, 0.05) is 0 Å². The first kappa shape index (κ1) is 17.8. The summed E-state index contributed by atoms with van der Waals surface area (Å²) in [5.41, 5.74) is 0. The predicted octanol–water partition coefficient (Wildman–Crippen LogP) is -2.09. The maximum atomic E-state index is 8.56. The molecule has 0 aromatic rings. The van der Waals surface area contributed by atoms with Gasteiger partial charge in [-0.2, -0.15) is 0 Å². The van der Waals surface area contributed by atoms with Crippen LogP contribution in [-0.4, -0.2) is 102 Å². The summed E-state index contributed by atoms with van der Waals surface area (Å²) < 4.78 is 0. The monoisotopic (exact) mass is 194 g/mol. The van der Waals surface area contributed by atoms with Crippen LogP contribution in [-0.2, 0) is 0 Å². The average Bonchev–Trinajstić information content (AvgIpc) is 1.85. The molecular formula is C4H11KO6. The van der Waals surface area contributed by atoms with Gasteiger partial charge in [-0.1, -0.05) is 0 Å². The Kier molecular flexibility index (Phi) is 21.6. The molecule has 0 aromatic heterocycles. The zero-order valence-corrected chi connectivity index (χ0v) is 5.14. The molecule has 0 unspecified atom stereocenters. The van der Waals surface area contributed by atoms with Crippen molar-refractivity contribution >= 4 is 57.5 Å². The number of aliphatic hydroxyl groups is 3. The molecule has 7 heteroatoms. The summed E-state index contributed by atoms with van der Waals surface area (Å²) in [4.78, 5) is 8.56. The summed E-state index contributed by atoms with van der Waals surface area (Å²) in [5, 5.41) is 38.0. The average molecular weight is 194 g/mol. The Morgan fingerprint density at radius 3 is 1.36 bits per heavy atom. The Morgan fingerprint density at radius 1 is 1.18 bits per heavy atom. The molecule has 0 aliphatic carbocycles. The van der Waals surface area contributed by atoms with Crippen LogP contribution in [0.15, 0.2) is 0 Å². The van der Waals surface area contributed by atoms with Crippen molar-refractivity contribution in [1.29, 1.82) is 0 Å². The molecular weight excluding hydrogens is 183 g/mol. The van der Waals surface area contributed by atoms with Gasteiger partial charge in [-0.15, -0.1) is 0 Å². The van der Waals surface area contributed by atoms with Crippen LogP contribution >= 0.6 is 0 Å². The fourth-order valence-electron chi connectivity index (χ4n) is 0.0577. The minimum atomic E-state index is -1.83. The summed E-state index contributed by atoms with van der Waals surface area (Å²) in [5.74, 6) is 0. The molecule has 0 rings (SSSR count). The van der Waals surface area contributed by atoms with Crippen molar-refractivity contribution in [1.82, 2.24) is 0 Å². The first-order chi connectivity index (χ1) is 4.54. The van der Waals surface area contributed by atoms with E-state index in [9.17, 15) is 0 Å². The van der Waals surface area contributed by atoms with Crippen molar-refractivity contribution in [2.24, 2.45) is 0 Å². The fraction of sp³-hybridized carbons (Fsp3) is 0.750. The summed E-state index contributed by atoms with van der Waals surface area (Å²) in [7, 11) is 0. The van der Waals surface area contributed by atoms with Crippen LogP contribution in [0.1, 0.15) is 0 Å². The Hall–Kier alpha value is 0.786. The molecule has 5 N–H and O–H groups in total. The van der Waals surface area contributed by atoms with Crippen molar-refractivity contribution in [3.8, 4) is 0 Å². The standard InChI is InChI=1S/C3H8O3.CH2O3.K.H/c4-1-3(6)2-5;2-1(3)4;;/h3-6H,1-2H2;(H2,2,3,4);;. The van der Waals surface area contributed by atoms with Gasteiger partial charge in [0.25, 0.3) is 0 Å². The van der Waals surface area contributed by atoms with Gasteiger partial charge in [-0.3, -0.25) is 0 Å². The molecule has 0 spiro atoms. The van der Waals surface area contributed by atoms with Gasteiger partial charge in [0.05, 0.1) is 13.2 Å². The van der Waals surface area contributed by atoms with Crippen molar-refractivity contribution in [3.05, 3.63) is 0 Å². The molecule has 0 bridgehead atoms. The number of carbonyl (C=O) groups is 1. The number of rotatable bonds is 2. The summed E-state index contributed by atoms with van der Waals surface area (Å²) >= 11 is 0. The van der Waals surface area contributed by atoms with E-state index in [2.05, 4.69) is 0 Å². The number of hydrogen-bond donors (Lipinski definition) is 5. The molecule has 64 valence electrons. The molecule has 0 aliphatic rings. The van der Waals surface area contributed by atoms with E-state index in [0.29, 0.717) is 0 Å². The molecule has 11 heavy (non-hydrogen) atoms. The van der Waals surface area contributed by atoms with Gasteiger partial charge in [-0.05, 0) is 0 Å². The predicted molar refractivity (Wildman–Crippen MR) is 38.0 cm³/mol. The summed E-state index contributed by atoms with van der Waals surface area (Å²) in [6.07, 6.45) is -2.79. The zero-order valence-electron chi connectivity index (χ0n) is 5.14. The van der Waals surface area contributed by atoms with E-state index in [-0.39, 0.29) is 64.6 Å². The SMILES string of the molecule is O=C(O)O.OCC(O)CO.[KH]. The Morgan fingerprint density at radius 2 is 1.36 bits per heavy atom. The van der Waals surface area contributed by atoms with E-state index in [1.54, 1.807) is 0 Å². The van der Waals surface area contributed by atoms with Gasteiger partial charge >= 0.3 is 57.5 Å². The molecule has 0 saturated heterocycles. The molecule has 0 fully saturated rings. The topological polar surface area (TPSA) is 118 Å². The number of carboxylic acid groups (broad SMARTS) is 2. The van der Waals surface area contributed by atoms with Gasteiger partial charge in [0.15, 0.2) is 0 Å². The van der Waals surface area contributed by atoms with Gasteiger partial charge < -0.3 is 25.5 Å². The van der Waals surface area contributed by atoms with E-state index in [1.807, 2.05) is 0 Å². The molecule has 0 aromatic carbocycles. The second-order valence-corrected chi connectivity index (χ2v) is 1.30. The molecule has 0 heterocycles. The maximum absolute atomic E-state index is 8.56. The van der Waals surface area contributed by atoms with Gasteiger partial charge in [0.1, 0.15) is 6.10 Å². The first-order valence-electron chi connectivity index (χ1n) is 2.36. The van der Waals surface area contributed by atoms with E-state index in [1.165, 1.54) is 0 Å². The zero-order chi connectivity index (χ0) is 8.57. The van der Waals surface area contributed by atoms with Crippen LogP contribution in [0.3, 0.4) is 0 Å². The van der Waals surface area contributed by atoms with E-state index < -0.39 is 12.3 Å². The molecule has 0 saturated carbocycles. The van der Waals surface area contributed by atoms with Crippen LogP contribution in [0.5, 0.6) is 0 Å². The van der Waals surface area contributed by atoms with E-state index in [4.69, 9.17) is 30.3 Å². The van der Waals surface area contributed by atoms with Gasteiger partial charge in [-0.25, -0.2) is 4.79 Å². The quantitative estimate of drug-likeness (QED) is 0.321. The van der Waals surface area contributed by atoms with Crippen LogP contribution in [0.2, 0.25) is 0 Å². The third kappa shape index (κ3) is 36.3. The first-order valence-corrected chi connectivity index (χ1v) is 2.36. The number of aliphatic hydroxyl groups excluding tert-OH is 3. The fourth-order valence-corrected chi connectivity index (χ4v) is 0.0577. The summed E-state index contributed by atoms with van der Waals surface area (Å²) in [6, 6.07) is 0. The normalized spacial score (nSPS) is 7.64. The van der Waals surface area contributed by atoms with Crippen molar-refractivity contribution in [3.63, 3.8) is 0 Å². The Labute approximate surface area is 106 Å². The molecule has 0 amide bonds. The number of hydrogen-bond acceptors (Lipinski definition) is 4. The second kappa shape index (κ2) is 13.4. The third-order valence-electron chi connectivity index (χ3n) is 0.421. The van der Waals surface area contributed by atoms with Gasteiger partial charge in [0.2, 0.25) is 0 Å². The minimum absolute atomic E-state index is 0. The summed E-state index contributed by atoms with van der Waals surface area (Å²) in [6.45, 7) is -0.729. The van der Waals surface area contributed by atoms with E-state index >= 15 is 0 Å².